The van der Waals surface area contributed by atoms with E-state index in [1.54, 1.807) is 12.1 Å². The maximum Gasteiger partial charge on any atom is 0.410 e. The molecule has 1 amide bonds. The van der Waals surface area contributed by atoms with Crippen molar-refractivity contribution in [2.75, 3.05) is 18.5 Å². The van der Waals surface area contributed by atoms with Crippen molar-refractivity contribution in [2.45, 2.75) is 13.0 Å². The summed E-state index contributed by atoms with van der Waals surface area (Å²) in [7, 11) is 0. The molecule has 3 N–H and O–H groups in total. The van der Waals surface area contributed by atoms with Crippen LogP contribution in [0.1, 0.15) is 17.9 Å². The minimum absolute atomic E-state index is 0.201. The Kier molecular flexibility index (Phi) is 3.44. The molecule has 7 nitrogen and oxygen atoms in total. The number of anilines is 1. The van der Waals surface area contributed by atoms with Gasteiger partial charge in [-0.15, -0.1) is 0 Å². The normalized spacial score (nSPS) is 18.0. The summed E-state index contributed by atoms with van der Waals surface area (Å²) in [6, 6.07) is 3.43. The van der Waals surface area contributed by atoms with E-state index in [1.165, 1.54) is 6.26 Å². The van der Waals surface area contributed by atoms with Gasteiger partial charge in [0, 0.05) is 5.41 Å². The summed E-state index contributed by atoms with van der Waals surface area (Å²) in [6.45, 7) is 2.81. The van der Waals surface area contributed by atoms with Crippen molar-refractivity contribution < 1.29 is 24.2 Å². The van der Waals surface area contributed by atoms with Crippen molar-refractivity contribution in [3.8, 4) is 11.5 Å². The van der Waals surface area contributed by atoms with E-state index in [-0.39, 0.29) is 5.13 Å². The van der Waals surface area contributed by atoms with Crippen LogP contribution >= 0.6 is 11.3 Å². The number of rotatable bonds is 4. The number of hydrogen-bond acceptors (Lipinski definition) is 6. The second kappa shape index (κ2) is 5.14. The Morgan fingerprint density at radius 2 is 2.33 bits per heavy atom. The molecule has 3 rings (SSSR count). The van der Waals surface area contributed by atoms with E-state index < -0.39 is 17.6 Å². The first-order chi connectivity index (χ1) is 9.99. The summed E-state index contributed by atoms with van der Waals surface area (Å²) >= 11 is 1.10. The average molecular weight is 310 g/mol. The third kappa shape index (κ3) is 2.53. The van der Waals surface area contributed by atoms with Crippen molar-refractivity contribution in [1.82, 2.24) is 4.98 Å². The second-order valence-electron chi connectivity index (χ2n) is 5.19. The standard InChI is InChI=1S/C13H14N2O5S/c1-13(5-19-6-13)10(16)9-8(7-3-2-4-20-7)14-11(21-9)15-12(17)18/h2-4,10,16H,5-6H2,1H3,(H,14,15)(H,17,18). The van der Waals surface area contributed by atoms with Crippen molar-refractivity contribution in [1.29, 1.82) is 0 Å². The SMILES string of the molecule is CC1(C(O)c2sc(NC(=O)O)nc2-c2ccco2)COC1. The second-order valence-corrected chi connectivity index (χ2v) is 6.22. The first-order valence-corrected chi connectivity index (χ1v) is 7.11. The van der Waals surface area contributed by atoms with Crippen LogP contribution in [-0.4, -0.2) is 34.5 Å². The summed E-state index contributed by atoms with van der Waals surface area (Å²) in [5.74, 6) is 0.489. The predicted molar refractivity (Wildman–Crippen MR) is 75.3 cm³/mol. The lowest BCUT2D eigenvalue weighted by Crippen LogP contribution is -2.44. The number of ether oxygens (including phenoxy) is 1. The first-order valence-electron chi connectivity index (χ1n) is 6.30. The maximum atomic E-state index is 10.8. The molecule has 0 aliphatic carbocycles. The molecule has 3 heterocycles. The number of thiazole rings is 1. The third-order valence-corrected chi connectivity index (χ3v) is 4.42. The molecule has 1 fully saturated rings. The number of furan rings is 1. The van der Waals surface area contributed by atoms with Gasteiger partial charge in [0.2, 0.25) is 0 Å². The summed E-state index contributed by atoms with van der Waals surface area (Å²) in [5, 5.41) is 21.8. The topological polar surface area (TPSA) is 105 Å². The molecule has 0 bridgehead atoms. The Morgan fingerprint density at radius 3 is 2.86 bits per heavy atom. The quantitative estimate of drug-likeness (QED) is 0.801. The zero-order valence-corrected chi connectivity index (χ0v) is 12.0. The Labute approximate surface area is 124 Å². The lowest BCUT2D eigenvalue weighted by Gasteiger charge is -2.41. The van der Waals surface area contributed by atoms with Gasteiger partial charge in [0.15, 0.2) is 10.9 Å². The summed E-state index contributed by atoms with van der Waals surface area (Å²) in [6.07, 6.45) is -0.495. The molecule has 0 radical (unpaired) electrons. The largest absolute Gasteiger partial charge is 0.465 e. The molecule has 1 atom stereocenters. The highest BCUT2D eigenvalue weighted by atomic mass is 32.1. The van der Waals surface area contributed by atoms with Crippen LogP contribution in [0, 0.1) is 5.41 Å². The van der Waals surface area contributed by atoms with E-state index in [0.29, 0.717) is 29.5 Å². The van der Waals surface area contributed by atoms with Crippen LogP contribution in [0.25, 0.3) is 11.5 Å². The highest BCUT2D eigenvalue weighted by Crippen LogP contribution is 2.46. The molecule has 0 saturated carbocycles. The van der Waals surface area contributed by atoms with Crippen molar-refractivity contribution >= 4 is 22.6 Å². The average Bonchev–Trinajstić information content (AvgIpc) is 3.02. The molecule has 112 valence electrons. The van der Waals surface area contributed by atoms with Gasteiger partial charge < -0.3 is 19.4 Å². The Hall–Kier alpha value is -1.90. The zero-order valence-electron chi connectivity index (χ0n) is 11.2. The van der Waals surface area contributed by atoms with E-state index in [1.807, 2.05) is 6.92 Å². The summed E-state index contributed by atoms with van der Waals surface area (Å²) in [5.41, 5.74) is 0.0587. The van der Waals surface area contributed by atoms with Gasteiger partial charge in [0.05, 0.1) is 24.4 Å². The number of carbonyl (C=O) groups is 1. The number of aliphatic hydroxyl groups excluding tert-OH is 1. The number of nitrogens with zero attached hydrogens (tertiary/aromatic N) is 1. The Balaban J connectivity index is 2.00. The van der Waals surface area contributed by atoms with Crippen molar-refractivity contribution in [2.24, 2.45) is 5.41 Å². The van der Waals surface area contributed by atoms with Crippen molar-refractivity contribution in [3.05, 3.63) is 23.3 Å². The van der Waals surface area contributed by atoms with Gasteiger partial charge in [0.1, 0.15) is 11.8 Å². The highest BCUT2D eigenvalue weighted by molar-refractivity contribution is 7.16. The van der Waals surface area contributed by atoms with E-state index in [2.05, 4.69) is 10.3 Å². The summed E-state index contributed by atoms with van der Waals surface area (Å²) < 4.78 is 10.5. The van der Waals surface area contributed by atoms with Crippen LogP contribution in [0.5, 0.6) is 0 Å². The number of aliphatic hydroxyl groups is 1. The molecule has 0 aromatic carbocycles. The maximum absolute atomic E-state index is 10.8. The molecule has 1 aliphatic rings. The van der Waals surface area contributed by atoms with E-state index >= 15 is 0 Å². The first kappa shape index (κ1) is 14.1. The fraction of sp³-hybridized carbons (Fsp3) is 0.385. The molecule has 8 heteroatoms. The zero-order chi connectivity index (χ0) is 15.0. The minimum atomic E-state index is -1.20. The molecule has 1 aliphatic heterocycles. The number of aromatic nitrogens is 1. The third-order valence-electron chi connectivity index (χ3n) is 3.39. The molecule has 21 heavy (non-hydrogen) atoms. The number of hydrogen-bond donors (Lipinski definition) is 3. The highest BCUT2D eigenvalue weighted by Gasteiger charge is 2.43. The van der Waals surface area contributed by atoms with Crippen LogP contribution in [0.15, 0.2) is 22.8 Å². The van der Waals surface area contributed by atoms with Crippen LogP contribution in [0.2, 0.25) is 0 Å². The Bertz CT molecular complexity index is 648. The van der Waals surface area contributed by atoms with Crippen LogP contribution in [0.3, 0.4) is 0 Å². The van der Waals surface area contributed by atoms with Crippen LogP contribution < -0.4 is 5.32 Å². The molecule has 2 aromatic heterocycles. The molecule has 0 spiro atoms. The minimum Gasteiger partial charge on any atom is -0.465 e. The van der Waals surface area contributed by atoms with Gasteiger partial charge in [-0.1, -0.05) is 18.3 Å². The number of carboxylic acid groups (broad SMARTS) is 1. The fourth-order valence-corrected chi connectivity index (χ4v) is 3.27. The van der Waals surface area contributed by atoms with Gasteiger partial charge in [-0.05, 0) is 12.1 Å². The van der Waals surface area contributed by atoms with E-state index in [0.717, 1.165) is 11.3 Å². The summed E-state index contributed by atoms with van der Waals surface area (Å²) in [4.78, 5) is 15.5. The number of amides is 1. The molecule has 1 saturated heterocycles. The predicted octanol–water partition coefficient (Wildman–Crippen LogP) is 2.56. The van der Waals surface area contributed by atoms with Crippen LogP contribution in [0.4, 0.5) is 9.93 Å². The molecule has 2 aromatic rings. The smallest absolute Gasteiger partial charge is 0.410 e. The van der Waals surface area contributed by atoms with Gasteiger partial charge in [0.25, 0.3) is 0 Å². The van der Waals surface area contributed by atoms with Gasteiger partial charge in [-0.25, -0.2) is 9.78 Å². The molecular weight excluding hydrogens is 296 g/mol. The fourth-order valence-electron chi connectivity index (χ4n) is 2.15. The van der Waals surface area contributed by atoms with Crippen LogP contribution in [-0.2, 0) is 4.74 Å². The molecule has 1 unspecified atom stereocenters. The lowest BCUT2D eigenvalue weighted by molar-refractivity contribution is -0.161. The van der Waals surface area contributed by atoms with Gasteiger partial charge in [-0.3, -0.25) is 5.32 Å². The number of nitrogens with one attached hydrogen (secondary N) is 1. The van der Waals surface area contributed by atoms with Crippen molar-refractivity contribution in [3.63, 3.8) is 0 Å². The van der Waals surface area contributed by atoms with E-state index in [9.17, 15) is 9.90 Å². The molecular formula is C13H14N2O5S. The lowest BCUT2D eigenvalue weighted by atomic mass is 9.81. The van der Waals surface area contributed by atoms with Gasteiger partial charge >= 0.3 is 6.09 Å². The monoisotopic (exact) mass is 310 g/mol. The van der Waals surface area contributed by atoms with E-state index in [4.69, 9.17) is 14.3 Å². The van der Waals surface area contributed by atoms with Gasteiger partial charge in [-0.2, -0.15) is 0 Å². The Morgan fingerprint density at radius 1 is 1.57 bits per heavy atom.